The minimum absolute atomic E-state index is 0.137. The van der Waals surface area contributed by atoms with Gasteiger partial charge in [0.2, 0.25) is 0 Å². The van der Waals surface area contributed by atoms with Crippen LogP contribution in [-0.4, -0.2) is 54.4 Å². The number of likely N-dealkylation sites (tertiary alicyclic amines) is 1. The molecule has 1 aliphatic rings. The number of hydrogen-bond acceptors (Lipinski definition) is 6. The van der Waals surface area contributed by atoms with Crippen molar-refractivity contribution >= 4 is 44.5 Å². The molecule has 1 N–H and O–H groups in total. The number of aryl methyl sites for hydroxylation is 1. The maximum atomic E-state index is 12.6. The molecule has 1 aliphatic heterocycles. The minimum atomic E-state index is -0.523. The number of nitrogens with zero attached hydrogens (tertiary/aromatic N) is 5. The van der Waals surface area contributed by atoms with Gasteiger partial charge in [-0.25, -0.2) is 19.4 Å². The van der Waals surface area contributed by atoms with E-state index in [1.54, 1.807) is 27.9 Å². The molecule has 1 amide bonds. The maximum Gasteiger partial charge on any atom is 0.410 e. The summed E-state index contributed by atoms with van der Waals surface area (Å²) in [5.74, 6) is 1.37. The van der Waals surface area contributed by atoms with Crippen molar-refractivity contribution in [2.24, 2.45) is 0 Å². The molecule has 9 nitrogen and oxygen atoms in total. The molecule has 0 radical (unpaired) electrons. The monoisotopic (exact) mass is 612 g/mol. The fraction of sp³-hybridized carbons (Fsp3) is 0.393. The van der Waals surface area contributed by atoms with Gasteiger partial charge in [0.25, 0.3) is 5.56 Å². The summed E-state index contributed by atoms with van der Waals surface area (Å²) in [7, 11) is 0. The second-order valence-corrected chi connectivity index (χ2v) is 12.2. The summed E-state index contributed by atoms with van der Waals surface area (Å²) in [6.07, 6.45) is 5.74. The molecule has 1 unspecified atom stereocenters. The molecule has 5 rings (SSSR count). The van der Waals surface area contributed by atoms with Gasteiger partial charge in [-0.1, -0.05) is 17.7 Å². The van der Waals surface area contributed by atoms with E-state index in [0.717, 1.165) is 29.7 Å². The van der Waals surface area contributed by atoms with Crippen molar-refractivity contribution in [3.8, 4) is 5.82 Å². The third kappa shape index (κ3) is 6.17. The van der Waals surface area contributed by atoms with E-state index in [2.05, 4.69) is 30.9 Å². The normalized spacial score (nSPS) is 16.1. The third-order valence-electron chi connectivity index (χ3n) is 6.61. The molecule has 39 heavy (non-hydrogen) atoms. The zero-order valence-electron chi connectivity index (χ0n) is 22.3. The van der Waals surface area contributed by atoms with Crippen LogP contribution in [0.5, 0.6) is 0 Å². The topological polar surface area (TPSA) is 106 Å². The molecule has 0 aliphatic carbocycles. The highest BCUT2D eigenvalue weighted by atomic mass is 79.9. The van der Waals surface area contributed by atoms with Crippen LogP contribution in [-0.2, 0) is 11.2 Å². The molecule has 11 heteroatoms. The molecule has 204 valence electrons. The Morgan fingerprint density at radius 1 is 1.28 bits per heavy atom. The number of rotatable bonds is 4. The molecular weight excluding hydrogens is 584 g/mol. The molecule has 4 aromatic rings. The number of benzene rings is 1. The number of H-pyrrole nitrogens is 1. The summed E-state index contributed by atoms with van der Waals surface area (Å²) in [6.45, 7) is 8.94. The Hall–Kier alpha value is -3.24. The Balaban J connectivity index is 1.31. The van der Waals surface area contributed by atoms with Gasteiger partial charge in [0.1, 0.15) is 11.4 Å². The van der Waals surface area contributed by atoms with Crippen molar-refractivity contribution in [3.05, 3.63) is 79.2 Å². The van der Waals surface area contributed by atoms with Crippen LogP contribution in [0.4, 0.5) is 4.79 Å². The van der Waals surface area contributed by atoms with E-state index in [1.807, 2.05) is 46.0 Å². The van der Waals surface area contributed by atoms with Gasteiger partial charge in [-0.3, -0.25) is 4.79 Å². The number of amides is 1. The molecule has 0 spiro atoms. The standard InChI is InChI=1S/C28H30BrClN6O3/c1-16-14-36(34-25(16)18-6-5-9-35(15-18)27(38)39-28(2,3)4)24-8-7-17(13-31-24)10-23-32-22-12-20(29)21(30)11-19(22)26(37)33-23/h7-8,11-14,18H,5-6,9-10,15H2,1-4H3,(H,32,33,37). The number of carbonyl (C=O) groups excluding carboxylic acids is 1. The van der Waals surface area contributed by atoms with Crippen LogP contribution in [0.1, 0.15) is 62.2 Å². The lowest BCUT2D eigenvalue weighted by molar-refractivity contribution is 0.0197. The Morgan fingerprint density at radius 2 is 2.08 bits per heavy atom. The van der Waals surface area contributed by atoms with Gasteiger partial charge >= 0.3 is 6.09 Å². The van der Waals surface area contributed by atoms with Gasteiger partial charge in [-0.15, -0.1) is 0 Å². The first-order valence-corrected chi connectivity index (χ1v) is 14.0. The Bertz CT molecular complexity index is 1590. The zero-order chi connectivity index (χ0) is 27.9. The summed E-state index contributed by atoms with van der Waals surface area (Å²) in [5.41, 5.74) is 2.74. The molecule has 3 aromatic heterocycles. The molecule has 1 aromatic carbocycles. The number of halogens is 2. The van der Waals surface area contributed by atoms with Gasteiger partial charge in [-0.05, 0) is 85.8 Å². The largest absolute Gasteiger partial charge is 0.444 e. The van der Waals surface area contributed by atoms with E-state index in [0.29, 0.717) is 51.6 Å². The van der Waals surface area contributed by atoms with Crippen LogP contribution in [0.3, 0.4) is 0 Å². The minimum Gasteiger partial charge on any atom is -0.444 e. The van der Waals surface area contributed by atoms with E-state index in [-0.39, 0.29) is 17.6 Å². The Kier molecular flexibility index (Phi) is 7.52. The lowest BCUT2D eigenvalue weighted by Gasteiger charge is -2.33. The van der Waals surface area contributed by atoms with E-state index in [1.165, 1.54) is 0 Å². The van der Waals surface area contributed by atoms with Crippen molar-refractivity contribution in [2.45, 2.75) is 58.5 Å². The van der Waals surface area contributed by atoms with Crippen LogP contribution < -0.4 is 5.56 Å². The number of piperidine rings is 1. The van der Waals surface area contributed by atoms with Gasteiger partial charge in [-0.2, -0.15) is 5.10 Å². The van der Waals surface area contributed by atoms with Gasteiger partial charge in [0.15, 0.2) is 5.82 Å². The summed E-state index contributed by atoms with van der Waals surface area (Å²) < 4.78 is 8.04. The molecule has 0 saturated carbocycles. The number of aromatic amines is 1. The van der Waals surface area contributed by atoms with Crippen molar-refractivity contribution in [3.63, 3.8) is 0 Å². The molecular formula is C28H30BrClN6O3. The van der Waals surface area contributed by atoms with Gasteiger partial charge in [0, 0.05) is 42.3 Å². The number of ether oxygens (including phenoxy) is 1. The first-order chi connectivity index (χ1) is 18.5. The number of pyridine rings is 1. The van der Waals surface area contributed by atoms with Gasteiger partial charge < -0.3 is 14.6 Å². The van der Waals surface area contributed by atoms with Crippen LogP contribution in [0.25, 0.3) is 16.7 Å². The number of aromatic nitrogens is 5. The van der Waals surface area contributed by atoms with Crippen molar-refractivity contribution < 1.29 is 9.53 Å². The van der Waals surface area contributed by atoms with Crippen LogP contribution in [0.15, 0.2) is 45.9 Å². The number of carbonyl (C=O) groups is 1. The van der Waals surface area contributed by atoms with Crippen LogP contribution >= 0.6 is 27.5 Å². The second-order valence-electron chi connectivity index (χ2n) is 10.9. The molecule has 1 atom stereocenters. The number of hydrogen-bond donors (Lipinski definition) is 1. The predicted molar refractivity (Wildman–Crippen MR) is 154 cm³/mol. The summed E-state index contributed by atoms with van der Waals surface area (Å²) in [4.78, 5) is 39.0. The lowest BCUT2D eigenvalue weighted by Crippen LogP contribution is -2.42. The van der Waals surface area contributed by atoms with Gasteiger partial charge in [0.05, 0.1) is 21.6 Å². The predicted octanol–water partition coefficient (Wildman–Crippen LogP) is 5.93. The van der Waals surface area contributed by atoms with E-state index < -0.39 is 5.60 Å². The lowest BCUT2D eigenvalue weighted by atomic mass is 9.93. The zero-order valence-corrected chi connectivity index (χ0v) is 24.6. The van der Waals surface area contributed by atoms with Crippen molar-refractivity contribution in [1.82, 2.24) is 29.6 Å². The molecule has 4 heterocycles. The smallest absolute Gasteiger partial charge is 0.410 e. The molecule has 1 saturated heterocycles. The Labute approximate surface area is 239 Å². The van der Waals surface area contributed by atoms with E-state index >= 15 is 0 Å². The highest BCUT2D eigenvalue weighted by Gasteiger charge is 2.30. The quantitative estimate of drug-likeness (QED) is 0.306. The first kappa shape index (κ1) is 27.3. The Morgan fingerprint density at radius 3 is 2.79 bits per heavy atom. The number of nitrogens with one attached hydrogen (secondary N) is 1. The average molecular weight is 614 g/mol. The summed E-state index contributed by atoms with van der Waals surface area (Å²) in [5, 5.41) is 5.75. The fourth-order valence-electron chi connectivity index (χ4n) is 4.80. The third-order valence-corrected chi connectivity index (χ3v) is 7.80. The molecule has 1 fully saturated rings. The molecule has 0 bridgehead atoms. The number of fused-ring (bicyclic) bond motifs is 1. The van der Waals surface area contributed by atoms with E-state index in [4.69, 9.17) is 21.4 Å². The summed E-state index contributed by atoms with van der Waals surface area (Å²) >= 11 is 9.51. The fourth-order valence-corrected chi connectivity index (χ4v) is 5.30. The first-order valence-electron chi connectivity index (χ1n) is 12.8. The van der Waals surface area contributed by atoms with Crippen molar-refractivity contribution in [2.75, 3.05) is 13.1 Å². The van der Waals surface area contributed by atoms with Crippen molar-refractivity contribution in [1.29, 1.82) is 0 Å². The van der Waals surface area contributed by atoms with E-state index in [9.17, 15) is 9.59 Å². The average Bonchev–Trinajstić information content (AvgIpc) is 3.26. The maximum absolute atomic E-state index is 12.6. The summed E-state index contributed by atoms with van der Waals surface area (Å²) in [6, 6.07) is 7.20. The van der Waals surface area contributed by atoms with Crippen LogP contribution in [0, 0.1) is 6.92 Å². The second kappa shape index (κ2) is 10.7. The van der Waals surface area contributed by atoms with Crippen LogP contribution in [0.2, 0.25) is 5.02 Å². The SMILES string of the molecule is Cc1cn(-c2ccc(Cc3nc4cc(Br)c(Cl)cc4c(=O)[nH]3)cn2)nc1C1CCCN(C(=O)OC(C)(C)C)C1. The highest BCUT2D eigenvalue weighted by Crippen LogP contribution is 2.30. The highest BCUT2D eigenvalue weighted by molar-refractivity contribution is 9.10.